The van der Waals surface area contributed by atoms with Crippen molar-refractivity contribution in [2.24, 2.45) is 0 Å². The molecule has 1 aliphatic rings. The van der Waals surface area contributed by atoms with E-state index >= 15 is 0 Å². The first-order chi connectivity index (χ1) is 7.01. The van der Waals surface area contributed by atoms with Gasteiger partial charge in [-0.2, -0.15) is 0 Å². The van der Waals surface area contributed by atoms with Crippen molar-refractivity contribution in [2.45, 2.75) is 39.4 Å². The lowest BCUT2D eigenvalue weighted by Gasteiger charge is -2.16. The van der Waals surface area contributed by atoms with Crippen molar-refractivity contribution in [3.8, 4) is 0 Å². The van der Waals surface area contributed by atoms with Crippen LogP contribution in [0.1, 0.15) is 19.8 Å². The largest absolute Gasteiger partial charge is 0.418 e. The highest BCUT2D eigenvalue weighted by Crippen LogP contribution is 2.18. The van der Waals surface area contributed by atoms with E-state index in [0.29, 0.717) is 0 Å². The van der Waals surface area contributed by atoms with Gasteiger partial charge in [-0.15, -0.1) is 0 Å². The standard InChI is InChI=1S/C13H21OSi/c1-5-12-8-9-13(11-12)7-6-10-14-15(2,3)4/h5,8-9H,6-7,10H2,1-4H3. The number of rotatable bonds is 5. The van der Waals surface area contributed by atoms with Gasteiger partial charge in [0.2, 0.25) is 0 Å². The zero-order valence-electron chi connectivity index (χ0n) is 10.3. The number of allylic oxidation sites excluding steroid dienone is 6. The molecule has 0 saturated carbocycles. The molecule has 0 spiro atoms. The highest BCUT2D eigenvalue weighted by atomic mass is 28.4. The van der Waals surface area contributed by atoms with Gasteiger partial charge in [-0.1, -0.05) is 18.2 Å². The third kappa shape index (κ3) is 5.14. The first-order valence-electron chi connectivity index (χ1n) is 5.62. The van der Waals surface area contributed by atoms with Crippen LogP contribution in [0.3, 0.4) is 0 Å². The Morgan fingerprint density at radius 1 is 1.33 bits per heavy atom. The molecule has 0 aromatic carbocycles. The molecule has 0 N–H and O–H groups in total. The summed E-state index contributed by atoms with van der Waals surface area (Å²) in [6, 6.07) is 0. The first kappa shape index (κ1) is 12.5. The minimum atomic E-state index is -1.31. The molecule has 0 atom stereocenters. The molecule has 0 aromatic heterocycles. The fourth-order valence-electron chi connectivity index (χ4n) is 1.41. The summed E-state index contributed by atoms with van der Waals surface area (Å²) in [5, 5.41) is 0. The van der Waals surface area contributed by atoms with Crippen LogP contribution in [0.15, 0.2) is 29.4 Å². The van der Waals surface area contributed by atoms with E-state index in [0.717, 1.165) is 19.4 Å². The van der Waals surface area contributed by atoms with Crippen molar-refractivity contribution >= 4 is 8.32 Å². The van der Waals surface area contributed by atoms with Crippen molar-refractivity contribution in [2.75, 3.05) is 6.61 Å². The average Bonchev–Trinajstić information content (AvgIpc) is 2.59. The maximum Gasteiger partial charge on any atom is 0.183 e. The molecular weight excluding hydrogens is 200 g/mol. The van der Waals surface area contributed by atoms with Gasteiger partial charge in [-0.25, -0.2) is 0 Å². The monoisotopic (exact) mass is 221 g/mol. The van der Waals surface area contributed by atoms with Crippen LogP contribution >= 0.6 is 0 Å². The van der Waals surface area contributed by atoms with E-state index in [9.17, 15) is 0 Å². The van der Waals surface area contributed by atoms with Gasteiger partial charge in [0.15, 0.2) is 8.32 Å². The molecule has 83 valence electrons. The molecule has 2 heteroatoms. The third-order valence-electron chi connectivity index (χ3n) is 2.21. The van der Waals surface area contributed by atoms with Crippen LogP contribution in [-0.2, 0) is 4.43 Å². The van der Waals surface area contributed by atoms with E-state index in [1.54, 1.807) is 0 Å². The summed E-state index contributed by atoms with van der Waals surface area (Å²) in [4.78, 5) is 0. The van der Waals surface area contributed by atoms with Crippen molar-refractivity contribution in [3.05, 3.63) is 35.5 Å². The lowest BCUT2D eigenvalue weighted by atomic mass is 10.1. The van der Waals surface area contributed by atoms with E-state index in [2.05, 4.69) is 43.9 Å². The summed E-state index contributed by atoms with van der Waals surface area (Å²) >= 11 is 0. The van der Waals surface area contributed by atoms with Crippen LogP contribution in [0.25, 0.3) is 0 Å². The van der Waals surface area contributed by atoms with Gasteiger partial charge in [0, 0.05) is 6.61 Å². The van der Waals surface area contributed by atoms with Gasteiger partial charge < -0.3 is 4.43 Å². The molecule has 0 bridgehead atoms. The molecule has 0 aliphatic heterocycles. The number of hydrogen-bond donors (Lipinski definition) is 0. The Bertz CT molecular complexity index is 292. The topological polar surface area (TPSA) is 9.23 Å². The molecule has 1 rings (SSSR count). The lowest BCUT2D eigenvalue weighted by molar-refractivity contribution is 0.305. The first-order valence-corrected chi connectivity index (χ1v) is 9.03. The molecule has 1 radical (unpaired) electrons. The highest BCUT2D eigenvalue weighted by Gasteiger charge is 2.13. The summed E-state index contributed by atoms with van der Waals surface area (Å²) in [7, 11) is -1.31. The second kappa shape index (κ2) is 5.47. The van der Waals surface area contributed by atoms with Crippen LogP contribution in [0, 0.1) is 6.08 Å². The van der Waals surface area contributed by atoms with Crippen molar-refractivity contribution < 1.29 is 4.43 Å². The van der Waals surface area contributed by atoms with Crippen molar-refractivity contribution in [1.82, 2.24) is 0 Å². The Balaban J connectivity index is 2.20. The second-order valence-electron chi connectivity index (χ2n) is 4.79. The van der Waals surface area contributed by atoms with Gasteiger partial charge in [0.1, 0.15) is 0 Å². The Kier molecular flexibility index (Phi) is 4.55. The highest BCUT2D eigenvalue weighted by molar-refractivity contribution is 6.69. The van der Waals surface area contributed by atoms with Crippen LogP contribution in [0.4, 0.5) is 0 Å². The molecule has 0 saturated heterocycles. The lowest BCUT2D eigenvalue weighted by Crippen LogP contribution is -2.25. The summed E-state index contributed by atoms with van der Waals surface area (Å²) in [6.07, 6.45) is 11.9. The van der Waals surface area contributed by atoms with Crippen LogP contribution in [-0.4, -0.2) is 14.9 Å². The Morgan fingerprint density at radius 3 is 2.60 bits per heavy atom. The molecule has 15 heavy (non-hydrogen) atoms. The van der Waals surface area contributed by atoms with E-state index in [4.69, 9.17) is 4.43 Å². The minimum absolute atomic E-state index is 0.889. The Morgan fingerprint density at radius 2 is 2.07 bits per heavy atom. The second-order valence-corrected chi connectivity index (χ2v) is 9.31. The van der Waals surface area contributed by atoms with Crippen LogP contribution in [0.5, 0.6) is 0 Å². The zero-order valence-corrected chi connectivity index (χ0v) is 11.3. The maximum atomic E-state index is 5.80. The van der Waals surface area contributed by atoms with E-state index in [1.807, 2.05) is 6.92 Å². The smallest absolute Gasteiger partial charge is 0.183 e. The predicted octanol–water partition coefficient (Wildman–Crippen LogP) is 3.86. The molecule has 0 heterocycles. The zero-order chi connectivity index (χ0) is 11.3. The predicted molar refractivity (Wildman–Crippen MR) is 68.2 cm³/mol. The summed E-state index contributed by atoms with van der Waals surface area (Å²) in [5.41, 5.74) is 2.51. The molecule has 0 fully saturated rings. The molecule has 1 aliphatic carbocycles. The van der Waals surface area contributed by atoms with Gasteiger partial charge >= 0.3 is 0 Å². The van der Waals surface area contributed by atoms with Gasteiger partial charge in [-0.05, 0) is 56.6 Å². The van der Waals surface area contributed by atoms with E-state index in [-0.39, 0.29) is 0 Å². The average molecular weight is 221 g/mol. The van der Waals surface area contributed by atoms with Crippen LogP contribution in [0.2, 0.25) is 19.6 Å². The summed E-state index contributed by atoms with van der Waals surface area (Å²) in [6.45, 7) is 9.62. The minimum Gasteiger partial charge on any atom is -0.418 e. The third-order valence-corrected chi connectivity index (χ3v) is 3.28. The van der Waals surface area contributed by atoms with Gasteiger partial charge in [0.05, 0.1) is 0 Å². The van der Waals surface area contributed by atoms with Crippen molar-refractivity contribution in [1.29, 1.82) is 0 Å². The normalized spacial score (nSPS) is 18.7. The van der Waals surface area contributed by atoms with E-state index < -0.39 is 8.32 Å². The molecule has 0 unspecified atom stereocenters. The Labute approximate surface area is 94.7 Å². The molecule has 1 nitrogen and oxygen atoms in total. The van der Waals surface area contributed by atoms with E-state index in [1.165, 1.54) is 11.1 Å². The molecular formula is C13H21OSi. The number of hydrogen-bond acceptors (Lipinski definition) is 1. The molecule has 0 amide bonds. The SMILES string of the molecule is CC=C1[C]=C(CCCO[Si](C)(C)C)C=C1. The quantitative estimate of drug-likeness (QED) is 0.506. The summed E-state index contributed by atoms with van der Waals surface area (Å²) < 4.78 is 5.80. The fraction of sp³-hybridized carbons (Fsp3) is 0.538. The van der Waals surface area contributed by atoms with Gasteiger partial charge in [-0.3, -0.25) is 0 Å². The fourth-order valence-corrected chi connectivity index (χ4v) is 2.17. The van der Waals surface area contributed by atoms with Gasteiger partial charge in [0.25, 0.3) is 0 Å². The molecule has 0 aromatic rings. The maximum absolute atomic E-state index is 5.80. The Hall–Kier alpha value is -0.603. The van der Waals surface area contributed by atoms with Crippen LogP contribution < -0.4 is 0 Å². The summed E-state index contributed by atoms with van der Waals surface area (Å²) in [5.74, 6) is 0. The van der Waals surface area contributed by atoms with Crippen molar-refractivity contribution in [3.63, 3.8) is 0 Å².